The van der Waals surface area contributed by atoms with Gasteiger partial charge in [-0.1, -0.05) is 42.5 Å². The Labute approximate surface area is 171 Å². The van der Waals surface area contributed by atoms with Crippen molar-refractivity contribution in [2.75, 3.05) is 26.7 Å². The summed E-state index contributed by atoms with van der Waals surface area (Å²) in [6.07, 6.45) is 1.06. The minimum Gasteiger partial charge on any atom is -0.496 e. The molecule has 0 radical (unpaired) electrons. The van der Waals surface area contributed by atoms with Gasteiger partial charge >= 0.3 is 0 Å². The maximum Gasteiger partial charge on any atom is 0.237 e. The van der Waals surface area contributed by atoms with E-state index in [-0.39, 0.29) is 18.2 Å². The molecule has 0 bridgehead atoms. The van der Waals surface area contributed by atoms with Crippen LogP contribution in [0.3, 0.4) is 0 Å². The molecule has 4 rings (SSSR count). The molecule has 1 saturated heterocycles. The van der Waals surface area contributed by atoms with Gasteiger partial charge in [-0.25, -0.2) is 0 Å². The standard InChI is InChI=1S/C23H27N3O3/c1-29-21-9-5-4-8-19(21)16-25-13-11-24-23(28)20(25)14-22(27)26-12-10-17-6-2-3-7-18(17)15-26/h2-9,20H,10-16H2,1H3,(H,24,28). The van der Waals surface area contributed by atoms with Gasteiger partial charge in [0.2, 0.25) is 11.8 Å². The van der Waals surface area contributed by atoms with E-state index in [1.54, 1.807) is 7.11 Å². The Kier molecular flexibility index (Phi) is 5.81. The number of carbonyl (C=O) groups excluding carboxylic acids is 2. The lowest BCUT2D eigenvalue weighted by Crippen LogP contribution is -2.56. The predicted molar refractivity (Wildman–Crippen MR) is 110 cm³/mol. The number of hydrogen-bond acceptors (Lipinski definition) is 4. The Hall–Kier alpha value is -2.86. The number of fused-ring (bicyclic) bond motifs is 1. The maximum atomic E-state index is 13.0. The normalized spacial score (nSPS) is 19.4. The van der Waals surface area contributed by atoms with Crippen LogP contribution in [0.15, 0.2) is 48.5 Å². The number of piperazine rings is 1. The van der Waals surface area contributed by atoms with Crippen molar-refractivity contribution in [1.82, 2.24) is 15.1 Å². The predicted octanol–water partition coefficient (Wildman–Crippen LogP) is 1.97. The zero-order valence-electron chi connectivity index (χ0n) is 16.8. The van der Waals surface area contributed by atoms with Crippen LogP contribution in [0.25, 0.3) is 0 Å². The second-order valence-electron chi connectivity index (χ2n) is 7.63. The number of hydrogen-bond donors (Lipinski definition) is 1. The van der Waals surface area contributed by atoms with Gasteiger partial charge in [-0.15, -0.1) is 0 Å². The van der Waals surface area contributed by atoms with Crippen LogP contribution in [0.2, 0.25) is 0 Å². The summed E-state index contributed by atoms with van der Waals surface area (Å²) in [6, 6.07) is 15.6. The lowest BCUT2D eigenvalue weighted by molar-refractivity contribution is -0.139. The van der Waals surface area contributed by atoms with Gasteiger partial charge in [0.1, 0.15) is 5.75 Å². The zero-order chi connectivity index (χ0) is 20.2. The Bertz CT molecular complexity index is 898. The Morgan fingerprint density at radius 1 is 1.10 bits per heavy atom. The van der Waals surface area contributed by atoms with E-state index in [2.05, 4.69) is 22.3 Å². The summed E-state index contributed by atoms with van der Waals surface area (Å²) < 4.78 is 5.46. The average Bonchev–Trinajstić information content (AvgIpc) is 2.76. The van der Waals surface area contributed by atoms with Gasteiger partial charge in [0.25, 0.3) is 0 Å². The van der Waals surface area contributed by atoms with Crippen LogP contribution in [-0.2, 0) is 29.1 Å². The highest BCUT2D eigenvalue weighted by molar-refractivity contribution is 5.89. The van der Waals surface area contributed by atoms with Crippen molar-refractivity contribution in [2.24, 2.45) is 0 Å². The number of nitrogens with one attached hydrogen (secondary N) is 1. The molecule has 2 aliphatic heterocycles. The van der Waals surface area contributed by atoms with Crippen LogP contribution >= 0.6 is 0 Å². The van der Waals surface area contributed by atoms with Crippen molar-refractivity contribution < 1.29 is 14.3 Å². The molecule has 1 unspecified atom stereocenters. The SMILES string of the molecule is COc1ccccc1CN1CCNC(=O)C1CC(=O)N1CCc2ccccc2C1. The first-order valence-corrected chi connectivity index (χ1v) is 10.1. The Morgan fingerprint density at radius 3 is 2.69 bits per heavy atom. The van der Waals surface area contributed by atoms with Crippen molar-refractivity contribution in [1.29, 1.82) is 0 Å². The molecule has 1 fully saturated rings. The number of para-hydroxylation sites is 1. The van der Waals surface area contributed by atoms with Crippen LogP contribution in [-0.4, -0.2) is 54.4 Å². The number of methoxy groups -OCH3 is 1. The number of benzene rings is 2. The topological polar surface area (TPSA) is 61.9 Å². The smallest absolute Gasteiger partial charge is 0.237 e. The average molecular weight is 393 g/mol. The molecule has 2 aliphatic rings. The molecule has 0 aromatic heterocycles. The van der Waals surface area contributed by atoms with Crippen molar-refractivity contribution in [2.45, 2.75) is 32.0 Å². The van der Waals surface area contributed by atoms with E-state index in [4.69, 9.17) is 4.74 Å². The van der Waals surface area contributed by atoms with Gasteiger partial charge in [0.05, 0.1) is 19.6 Å². The van der Waals surface area contributed by atoms with E-state index in [0.717, 1.165) is 17.7 Å². The van der Waals surface area contributed by atoms with E-state index in [9.17, 15) is 9.59 Å². The third-order valence-electron chi connectivity index (χ3n) is 5.86. The minimum atomic E-state index is -0.460. The molecule has 2 aromatic rings. The second-order valence-corrected chi connectivity index (χ2v) is 7.63. The highest BCUT2D eigenvalue weighted by Crippen LogP contribution is 2.24. The van der Waals surface area contributed by atoms with Crippen molar-refractivity contribution in [3.63, 3.8) is 0 Å². The highest BCUT2D eigenvalue weighted by atomic mass is 16.5. The molecule has 29 heavy (non-hydrogen) atoms. The molecule has 1 N–H and O–H groups in total. The highest BCUT2D eigenvalue weighted by Gasteiger charge is 2.34. The van der Waals surface area contributed by atoms with E-state index < -0.39 is 6.04 Å². The van der Waals surface area contributed by atoms with E-state index in [0.29, 0.717) is 32.7 Å². The molecule has 1 atom stereocenters. The van der Waals surface area contributed by atoms with Gasteiger partial charge in [0, 0.05) is 38.3 Å². The third kappa shape index (κ3) is 4.27. The summed E-state index contributed by atoms with van der Waals surface area (Å²) in [5.41, 5.74) is 3.53. The first-order chi connectivity index (χ1) is 14.2. The first-order valence-electron chi connectivity index (χ1n) is 10.1. The van der Waals surface area contributed by atoms with Crippen molar-refractivity contribution >= 4 is 11.8 Å². The van der Waals surface area contributed by atoms with Gasteiger partial charge in [0.15, 0.2) is 0 Å². The molecule has 0 saturated carbocycles. The molecule has 2 aromatic carbocycles. The molecule has 2 amide bonds. The van der Waals surface area contributed by atoms with Gasteiger partial charge in [-0.3, -0.25) is 14.5 Å². The van der Waals surface area contributed by atoms with Crippen LogP contribution in [0.5, 0.6) is 5.75 Å². The van der Waals surface area contributed by atoms with E-state index in [1.807, 2.05) is 41.3 Å². The number of nitrogens with zero attached hydrogens (tertiary/aromatic N) is 2. The lowest BCUT2D eigenvalue weighted by atomic mass is 9.99. The summed E-state index contributed by atoms with van der Waals surface area (Å²) in [5, 5.41) is 2.92. The van der Waals surface area contributed by atoms with Gasteiger partial charge in [-0.05, 0) is 23.6 Å². The molecule has 152 valence electrons. The number of carbonyl (C=O) groups is 2. The summed E-state index contributed by atoms with van der Waals surface area (Å²) in [6.45, 7) is 3.21. The Morgan fingerprint density at radius 2 is 1.86 bits per heavy atom. The third-order valence-corrected chi connectivity index (χ3v) is 5.86. The fourth-order valence-electron chi connectivity index (χ4n) is 4.23. The van der Waals surface area contributed by atoms with Crippen LogP contribution < -0.4 is 10.1 Å². The Balaban J connectivity index is 1.46. The summed E-state index contributed by atoms with van der Waals surface area (Å²) in [5.74, 6) is 0.764. The molecule has 0 spiro atoms. The second kappa shape index (κ2) is 8.66. The van der Waals surface area contributed by atoms with Crippen LogP contribution in [0, 0.1) is 0 Å². The van der Waals surface area contributed by atoms with Crippen LogP contribution in [0.1, 0.15) is 23.1 Å². The fourth-order valence-corrected chi connectivity index (χ4v) is 4.23. The monoisotopic (exact) mass is 393 g/mol. The van der Waals surface area contributed by atoms with Crippen molar-refractivity contribution in [3.8, 4) is 5.75 Å². The molecule has 0 aliphatic carbocycles. The quantitative estimate of drug-likeness (QED) is 0.844. The number of rotatable bonds is 5. The summed E-state index contributed by atoms with van der Waals surface area (Å²) >= 11 is 0. The van der Waals surface area contributed by atoms with E-state index in [1.165, 1.54) is 11.1 Å². The summed E-state index contributed by atoms with van der Waals surface area (Å²) in [7, 11) is 1.65. The largest absolute Gasteiger partial charge is 0.496 e. The summed E-state index contributed by atoms with van der Waals surface area (Å²) in [4.78, 5) is 29.6. The maximum absolute atomic E-state index is 13.0. The molecule has 2 heterocycles. The zero-order valence-corrected chi connectivity index (χ0v) is 16.8. The molecular weight excluding hydrogens is 366 g/mol. The molecular formula is C23H27N3O3. The number of ether oxygens (including phenoxy) is 1. The fraction of sp³-hybridized carbons (Fsp3) is 0.391. The first kappa shape index (κ1) is 19.5. The lowest BCUT2D eigenvalue weighted by Gasteiger charge is -2.36. The molecule has 6 heteroatoms. The van der Waals surface area contributed by atoms with Crippen molar-refractivity contribution in [3.05, 3.63) is 65.2 Å². The van der Waals surface area contributed by atoms with E-state index >= 15 is 0 Å². The minimum absolute atomic E-state index is 0.0339. The van der Waals surface area contributed by atoms with Crippen LogP contribution in [0.4, 0.5) is 0 Å². The number of amides is 2. The molecule has 6 nitrogen and oxygen atoms in total. The van der Waals surface area contributed by atoms with Gasteiger partial charge < -0.3 is 15.0 Å². The van der Waals surface area contributed by atoms with Gasteiger partial charge in [-0.2, -0.15) is 0 Å².